The number of sulfonamides is 1. The molecular weight excluding hydrogens is 364 g/mol. The minimum Gasteiger partial charge on any atom is -0.341 e. The third-order valence-corrected chi connectivity index (χ3v) is 6.68. The van der Waals surface area contributed by atoms with Gasteiger partial charge in [0, 0.05) is 45.8 Å². The normalized spacial score (nSPS) is 16.3. The van der Waals surface area contributed by atoms with Crippen molar-refractivity contribution >= 4 is 15.9 Å². The van der Waals surface area contributed by atoms with Crippen LogP contribution in [-0.4, -0.2) is 59.5 Å². The summed E-state index contributed by atoms with van der Waals surface area (Å²) in [7, 11) is -1.86. The SMILES string of the molecule is Cn1cc(S(=O)(=O)N2CCCN(C(=O)CCCc3ccccc3)CC2)cn1. The van der Waals surface area contributed by atoms with Gasteiger partial charge in [-0.2, -0.15) is 9.40 Å². The van der Waals surface area contributed by atoms with E-state index in [4.69, 9.17) is 0 Å². The Kier molecular flexibility index (Phi) is 6.28. The van der Waals surface area contributed by atoms with Gasteiger partial charge in [0.05, 0.1) is 6.20 Å². The number of carbonyl (C=O) groups excluding carboxylic acids is 1. The summed E-state index contributed by atoms with van der Waals surface area (Å²) in [5.74, 6) is 0.103. The first-order chi connectivity index (χ1) is 13.0. The van der Waals surface area contributed by atoms with Gasteiger partial charge in [-0.15, -0.1) is 0 Å². The first-order valence-corrected chi connectivity index (χ1v) is 10.7. The summed E-state index contributed by atoms with van der Waals surface area (Å²) in [6.07, 6.45) is 5.69. The number of rotatable bonds is 6. The summed E-state index contributed by atoms with van der Waals surface area (Å²) in [4.78, 5) is 14.5. The summed E-state index contributed by atoms with van der Waals surface area (Å²) in [6, 6.07) is 10.1. The monoisotopic (exact) mass is 390 g/mol. The predicted molar refractivity (Wildman–Crippen MR) is 103 cm³/mol. The fourth-order valence-corrected chi connectivity index (χ4v) is 4.77. The lowest BCUT2D eigenvalue weighted by atomic mass is 10.1. The summed E-state index contributed by atoms with van der Waals surface area (Å²) < 4.78 is 28.4. The highest BCUT2D eigenvalue weighted by Gasteiger charge is 2.29. The van der Waals surface area contributed by atoms with Crippen molar-refractivity contribution in [1.82, 2.24) is 19.0 Å². The van der Waals surface area contributed by atoms with Gasteiger partial charge in [-0.1, -0.05) is 30.3 Å². The van der Waals surface area contributed by atoms with Gasteiger partial charge in [0.1, 0.15) is 4.90 Å². The molecule has 8 heteroatoms. The maximum absolute atomic E-state index is 12.7. The molecule has 0 N–H and O–H groups in total. The molecule has 1 amide bonds. The highest BCUT2D eigenvalue weighted by molar-refractivity contribution is 7.89. The van der Waals surface area contributed by atoms with Crippen LogP contribution >= 0.6 is 0 Å². The second kappa shape index (κ2) is 8.67. The van der Waals surface area contributed by atoms with Gasteiger partial charge >= 0.3 is 0 Å². The zero-order chi connectivity index (χ0) is 19.3. The molecule has 1 aromatic carbocycles. The van der Waals surface area contributed by atoms with Crippen LogP contribution in [0.1, 0.15) is 24.8 Å². The zero-order valence-electron chi connectivity index (χ0n) is 15.6. The predicted octanol–water partition coefficient (Wildman–Crippen LogP) is 1.67. The fraction of sp³-hybridized carbons (Fsp3) is 0.474. The highest BCUT2D eigenvalue weighted by Crippen LogP contribution is 2.17. The third-order valence-electron chi connectivity index (χ3n) is 4.83. The van der Waals surface area contributed by atoms with Crippen LogP contribution in [0, 0.1) is 0 Å². The van der Waals surface area contributed by atoms with Crippen molar-refractivity contribution in [2.45, 2.75) is 30.6 Å². The smallest absolute Gasteiger partial charge is 0.246 e. The Balaban J connectivity index is 1.52. The second-order valence-electron chi connectivity index (χ2n) is 6.83. The first kappa shape index (κ1) is 19.6. The molecule has 3 rings (SSSR count). The lowest BCUT2D eigenvalue weighted by Gasteiger charge is -2.21. The molecule has 27 heavy (non-hydrogen) atoms. The van der Waals surface area contributed by atoms with E-state index < -0.39 is 10.0 Å². The van der Waals surface area contributed by atoms with E-state index in [1.54, 1.807) is 11.9 Å². The van der Waals surface area contributed by atoms with Crippen molar-refractivity contribution in [3.8, 4) is 0 Å². The van der Waals surface area contributed by atoms with E-state index in [9.17, 15) is 13.2 Å². The molecule has 7 nitrogen and oxygen atoms in total. The van der Waals surface area contributed by atoms with Crippen LogP contribution in [0.4, 0.5) is 0 Å². The Hall–Kier alpha value is -2.19. The van der Waals surface area contributed by atoms with Crippen molar-refractivity contribution < 1.29 is 13.2 Å². The van der Waals surface area contributed by atoms with Crippen LogP contribution in [0.15, 0.2) is 47.6 Å². The van der Waals surface area contributed by atoms with Gasteiger partial charge < -0.3 is 4.90 Å². The minimum atomic E-state index is -3.55. The van der Waals surface area contributed by atoms with E-state index in [1.165, 1.54) is 26.9 Å². The van der Waals surface area contributed by atoms with E-state index >= 15 is 0 Å². The number of aryl methyl sites for hydroxylation is 2. The number of hydrogen-bond donors (Lipinski definition) is 0. The highest BCUT2D eigenvalue weighted by atomic mass is 32.2. The minimum absolute atomic E-state index is 0.103. The molecule has 0 atom stereocenters. The molecule has 1 fully saturated rings. The van der Waals surface area contributed by atoms with Crippen LogP contribution in [0.5, 0.6) is 0 Å². The van der Waals surface area contributed by atoms with Crippen LogP contribution in [-0.2, 0) is 28.3 Å². The molecule has 1 aromatic heterocycles. The Morgan fingerprint density at radius 3 is 2.59 bits per heavy atom. The average Bonchev–Trinajstić information content (AvgIpc) is 2.95. The lowest BCUT2D eigenvalue weighted by Crippen LogP contribution is -2.37. The molecule has 0 saturated carbocycles. The number of amides is 1. The van der Waals surface area contributed by atoms with E-state index in [2.05, 4.69) is 17.2 Å². The van der Waals surface area contributed by atoms with Crippen LogP contribution < -0.4 is 0 Å². The van der Waals surface area contributed by atoms with Crippen molar-refractivity contribution in [1.29, 1.82) is 0 Å². The number of hydrogen-bond acceptors (Lipinski definition) is 4. The van der Waals surface area contributed by atoms with Gasteiger partial charge in [-0.25, -0.2) is 8.42 Å². The van der Waals surface area contributed by atoms with Crippen LogP contribution in [0.2, 0.25) is 0 Å². The van der Waals surface area contributed by atoms with Crippen molar-refractivity contribution in [3.05, 3.63) is 48.3 Å². The third kappa shape index (κ3) is 4.95. The molecule has 0 unspecified atom stereocenters. The molecule has 2 heterocycles. The fourth-order valence-electron chi connectivity index (χ4n) is 3.31. The molecule has 1 aliphatic rings. The molecule has 1 aliphatic heterocycles. The summed E-state index contributed by atoms with van der Waals surface area (Å²) in [5, 5.41) is 3.95. The molecule has 0 spiro atoms. The van der Waals surface area contributed by atoms with Gasteiger partial charge in [0.15, 0.2) is 0 Å². The largest absolute Gasteiger partial charge is 0.341 e. The Morgan fingerprint density at radius 1 is 1.11 bits per heavy atom. The number of nitrogens with zero attached hydrogens (tertiary/aromatic N) is 4. The molecule has 0 bridgehead atoms. The Labute approximate surface area is 160 Å². The summed E-state index contributed by atoms with van der Waals surface area (Å²) in [5.41, 5.74) is 1.23. The molecule has 2 aromatic rings. The van der Waals surface area contributed by atoms with E-state index in [0.717, 1.165) is 12.8 Å². The molecular formula is C19H26N4O3S. The van der Waals surface area contributed by atoms with Gasteiger partial charge in [0.2, 0.25) is 15.9 Å². The van der Waals surface area contributed by atoms with E-state index in [0.29, 0.717) is 39.0 Å². The quantitative estimate of drug-likeness (QED) is 0.752. The number of aromatic nitrogens is 2. The summed E-state index contributed by atoms with van der Waals surface area (Å²) >= 11 is 0. The summed E-state index contributed by atoms with van der Waals surface area (Å²) in [6.45, 7) is 1.78. The molecule has 0 aliphatic carbocycles. The maximum atomic E-state index is 12.7. The second-order valence-corrected chi connectivity index (χ2v) is 8.77. The average molecular weight is 391 g/mol. The van der Waals surface area contributed by atoms with Crippen molar-refractivity contribution in [2.75, 3.05) is 26.2 Å². The Bertz CT molecular complexity index is 864. The van der Waals surface area contributed by atoms with Gasteiger partial charge in [0.25, 0.3) is 0 Å². The number of benzene rings is 1. The van der Waals surface area contributed by atoms with Crippen LogP contribution in [0.25, 0.3) is 0 Å². The van der Waals surface area contributed by atoms with Crippen LogP contribution in [0.3, 0.4) is 0 Å². The van der Waals surface area contributed by atoms with Gasteiger partial charge in [-0.3, -0.25) is 9.48 Å². The topological polar surface area (TPSA) is 75.5 Å². The Morgan fingerprint density at radius 2 is 1.89 bits per heavy atom. The zero-order valence-corrected chi connectivity index (χ0v) is 16.4. The molecule has 146 valence electrons. The standard InChI is InChI=1S/C19H26N4O3S/c1-21-16-18(15-20-21)27(25,26)23-12-6-11-22(13-14-23)19(24)10-5-9-17-7-3-2-4-8-17/h2-4,7-8,15-16H,5-6,9-14H2,1H3. The molecule has 1 saturated heterocycles. The molecule has 0 radical (unpaired) electrons. The van der Waals surface area contributed by atoms with E-state index in [-0.39, 0.29) is 10.8 Å². The van der Waals surface area contributed by atoms with E-state index in [1.807, 2.05) is 18.2 Å². The van der Waals surface area contributed by atoms with Crippen molar-refractivity contribution in [3.63, 3.8) is 0 Å². The first-order valence-electron chi connectivity index (χ1n) is 9.27. The van der Waals surface area contributed by atoms with Gasteiger partial charge in [-0.05, 0) is 24.8 Å². The maximum Gasteiger partial charge on any atom is 0.246 e. The lowest BCUT2D eigenvalue weighted by molar-refractivity contribution is -0.131. The number of carbonyl (C=O) groups is 1. The van der Waals surface area contributed by atoms with Crippen molar-refractivity contribution in [2.24, 2.45) is 7.05 Å².